The highest BCUT2D eigenvalue weighted by molar-refractivity contribution is 5.92. The third kappa shape index (κ3) is 3.55. The van der Waals surface area contributed by atoms with Crippen LogP contribution in [0.3, 0.4) is 0 Å². The number of likely N-dealkylation sites (N-methyl/N-ethyl adjacent to an activating group) is 1. The first-order chi connectivity index (χ1) is 10.7. The number of piperazine rings is 1. The summed E-state index contributed by atoms with van der Waals surface area (Å²) < 4.78 is 0. The summed E-state index contributed by atoms with van der Waals surface area (Å²) in [5, 5.41) is 0. The predicted molar refractivity (Wildman–Crippen MR) is 86.1 cm³/mol. The summed E-state index contributed by atoms with van der Waals surface area (Å²) in [7, 11) is 2.08. The van der Waals surface area contributed by atoms with E-state index in [9.17, 15) is 4.79 Å². The van der Waals surface area contributed by atoms with Gasteiger partial charge in [-0.05, 0) is 19.9 Å². The summed E-state index contributed by atoms with van der Waals surface area (Å²) in [6.45, 7) is 5.46. The van der Waals surface area contributed by atoms with Gasteiger partial charge < -0.3 is 14.7 Å². The van der Waals surface area contributed by atoms with Gasteiger partial charge in [-0.3, -0.25) is 4.79 Å². The van der Waals surface area contributed by atoms with Crippen molar-refractivity contribution in [3.05, 3.63) is 18.1 Å². The van der Waals surface area contributed by atoms with Crippen molar-refractivity contribution < 1.29 is 4.79 Å². The molecule has 22 heavy (non-hydrogen) atoms. The quantitative estimate of drug-likeness (QED) is 0.823. The zero-order chi connectivity index (χ0) is 15.4. The van der Waals surface area contributed by atoms with Crippen molar-refractivity contribution in [2.75, 3.05) is 51.2 Å². The van der Waals surface area contributed by atoms with Gasteiger partial charge in [0.1, 0.15) is 11.5 Å². The number of hydrogen-bond donors (Lipinski definition) is 0. The molecule has 1 amide bonds. The first-order valence-corrected chi connectivity index (χ1v) is 8.29. The van der Waals surface area contributed by atoms with E-state index in [4.69, 9.17) is 0 Å². The van der Waals surface area contributed by atoms with Gasteiger partial charge in [0, 0.05) is 39.3 Å². The summed E-state index contributed by atoms with van der Waals surface area (Å²) in [6.07, 6.45) is 8.41. The van der Waals surface area contributed by atoms with Gasteiger partial charge in [0.25, 0.3) is 5.91 Å². The zero-order valence-corrected chi connectivity index (χ0v) is 13.4. The molecule has 0 spiro atoms. The molecule has 2 saturated heterocycles. The molecule has 3 heterocycles. The molecule has 0 radical (unpaired) electrons. The molecule has 0 aliphatic carbocycles. The van der Waals surface area contributed by atoms with Crippen molar-refractivity contribution in [3.8, 4) is 0 Å². The van der Waals surface area contributed by atoms with Gasteiger partial charge in [-0.2, -0.15) is 0 Å². The Morgan fingerprint density at radius 1 is 0.909 bits per heavy atom. The van der Waals surface area contributed by atoms with Crippen LogP contribution in [-0.4, -0.2) is 72.0 Å². The lowest BCUT2D eigenvalue weighted by Gasteiger charge is -2.32. The number of nitrogens with zero attached hydrogens (tertiary/aromatic N) is 5. The van der Waals surface area contributed by atoms with E-state index >= 15 is 0 Å². The van der Waals surface area contributed by atoms with Crippen LogP contribution in [0.4, 0.5) is 5.82 Å². The van der Waals surface area contributed by atoms with Crippen LogP contribution in [0.25, 0.3) is 0 Å². The van der Waals surface area contributed by atoms with Crippen LogP contribution in [-0.2, 0) is 0 Å². The number of carbonyl (C=O) groups excluding carboxylic acids is 1. The van der Waals surface area contributed by atoms with Crippen molar-refractivity contribution in [2.45, 2.75) is 25.7 Å². The van der Waals surface area contributed by atoms with Crippen molar-refractivity contribution >= 4 is 11.7 Å². The number of carbonyl (C=O) groups is 1. The molecule has 6 heteroatoms. The van der Waals surface area contributed by atoms with E-state index in [0.29, 0.717) is 5.69 Å². The van der Waals surface area contributed by atoms with Gasteiger partial charge in [0.2, 0.25) is 0 Å². The molecule has 0 aromatic carbocycles. The van der Waals surface area contributed by atoms with Crippen molar-refractivity contribution in [1.29, 1.82) is 0 Å². The Balaban J connectivity index is 1.64. The van der Waals surface area contributed by atoms with Crippen LogP contribution in [0.1, 0.15) is 36.2 Å². The van der Waals surface area contributed by atoms with Crippen LogP contribution < -0.4 is 4.90 Å². The minimum absolute atomic E-state index is 0.00279. The van der Waals surface area contributed by atoms with Crippen LogP contribution in [0.15, 0.2) is 12.4 Å². The summed E-state index contributed by atoms with van der Waals surface area (Å²) in [5.74, 6) is 0.903. The average molecular weight is 303 g/mol. The predicted octanol–water partition coefficient (Wildman–Crippen LogP) is 1.24. The minimum atomic E-state index is 0.00279. The number of hydrogen-bond acceptors (Lipinski definition) is 5. The third-order valence-electron chi connectivity index (χ3n) is 4.58. The van der Waals surface area contributed by atoms with Gasteiger partial charge in [0.05, 0.1) is 12.4 Å². The summed E-state index contributed by atoms with van der Waals surface area (Å²) in [5.41, 5.74) is 0.461. The second-order valence-electron chi connectivity index (χ2n) is 6.26. The molecule has 2 aliphatic heterocycles. The molecule has 0 atom stereocenters. The lowest BCUT2D eigenvalue weighted by molar-refractivity contribution is 0.0658. The molecule has 0 bridgehead atoms. The van der Waals surface area contributed by atoms with Crippen molar-refractivity contribution in [1.82, 2.24) is 19.8 Å². The largest absolute Gasteiger partial charge is 0.355 e. The van der Waals surface area contributed by atoms with Crippen LogP contribution in [0.2, 0.25) is 0 Å². The number of aromatic nitrogens is 2. The Morgan fingerprint density at radius 3 is 2.18 bits per heavy atom. The molecule has 0 N–H and O–H groups in total. The number of amides is 1. The van der Waals surface area contributed by atoms with E-state index in [0.717, 1.165) is 45.1 Å². The van der Waals surface area contributed by atoms with E-state index in [1.165, 1.54) is 25.7 Å². The van der Waals surface area contributed by atoms with Gasteiger partial charge >= 0.3 is 0 Å². The Bertz CT molecular complexity index is 488. The summed E-state index contributed by atoms with van der Waals surface area (Å²) >= 11 is 0. The molecule has 120 valence electrons. The van der Waals surface area contributed by atoms with Gasteiger partial charge in [-0.1, -0.05) is 12.8 Å². The van der Waals surface area contributed by atoms with E-state index in [1.807, 2.05) is 4.90 Å². The maximum Gasteiger partial charge on any atom is 0.274 e. The highest BCUT2D eigenvalue weighted by Crippen LogP contribution is 2.16. The fourth-order valence-electron chi connectivity index (χ4n) is 3.07. The third-order valence-corrected chi connectivity index (χ3v) is 4.58. The molecule has 2 fully saturated rings. The second-order valence-corrected chi connectivity index (χ2v) is 6.26. The van der Waals surface area contributed by atoms with Crippen LogP contribution in [0, 0.1) is 0 Å². The molecule has 1 aromatic heterocycles. The van der Waals surface area contributed by atoms with E-state index in [-0.39, 0.29) is 5.91 Å². The highest BCUT2D eigenvalue weighted by Gasteiger charge is 2.22. The van der Waals surface area contributed by atoms with E-state index in [1.54, 1.807) is 12.4 Å². The zero-order valence-electron chi connectivity index (χ0n) is 13.4. The monoisotopic (exact) mass is 303 g/mol. The van der Waals surface area contributed by atoms with Crippen molar-refractivity contribution in [3.63, 3.8) is 0 Å². The molecular weight excluding hydrogens is 278 g/mol. The Morgan fingerprint density at radius 2 is 1.59 bits per heavy atom. The summed E-state index contributed by atoms with van der Waals surface area (Å²) in [4.78, 5) is 27.7. The molecule has 0 unspecified atom stereocenters. The molecule has 0 saturated carbocycles. The first-order valence-electron chi connectivity index (χ1n) is 8.29. The van der Waals surface area contributed by atoms with E-state index in [2.05, 4.69) is 26.8 Å². The fraction of sp³-hybridized carbons (Fsp3) is 0.688. The highest BCUT2D eigenvalue weighted by atomic mass is 16.2. The van der Waals surface area contributed by atoms with Gasteiger partial charge in [-0.15, -0.1) is 0 Å². The first kappa shape index (κ1) is 15.2. The molecule has 1 aromatic rings. The Hall–Kier alpha value is -1.69. The van der Waals surface area contributed by atoms with Crippen molar-refractivity contribution in [2.24, 2.45) is 0 Å². The van der Waals surface area contributed by atoms with E-state index < -0.39 is 0 Å². The molecular formula is C16H25N5O. The van der Waals surface area contributed by atoms with Gasteiger partial charge in [-0.25, -0.2) is 9.97 Å². The SMILES string of the molecule is CN1CCN(C(=O)c2cnc(N3CCCCCC3)cn2)CC1. The Labute approximate surface area is 132 Å². The minimum Gasteiger partial charge on any atom is -0.355 e. The molecule has 3 rings (SSSR count). The van der Waals surface area contributed by atoms with Gasteiger partial charge in [0.15, 0.2) is 0 Å². The van der Waals surface area contributed by atoms with Crippen LogP contribution >= 0.6 is 0 Å². The maximum atomic E-state index is 12.4. The smallest absolute Gasteiger partial charge is 0.274 e. The second kappa shape index (κ2) is 7.05. The number of rotatable bonds is 2. The fourth-order valence-corrected chi connectivity index (χ4v) is 3.07. The lowest BCUT2D eigenvalue weighted by atomic mass is 10.2. The normalized spacial score (nSPS) is 20.8. The summed E-state index contributed by atoms with van der Waals surface area (Å²) in [6, 6.07) is 0. The van der Waals surface area contributed by atoms with Crippen LogP contribution in [0.5, 0.6) is 0 Å². The standard InChI is InChI=1S/C16H25N5O/c1-19-8-10-21(11-9-19)16(22)14-12-18-15(13-17-14)20-6-4-2-3-5-7-20/h12-13H,2-11H2,1H3. The Kier molecular flexibility index (Phi) is 4.87. The number of anilines is 1. The topological polar surface area (TPSA) is 52.6 Å². The molecule has 6 nitrogen and oxygen atoms in total. The molecule has 2 aliphatic rings. The maximum absolute atomic E-state index is 12.4. The average Bonchev–Trinajstić information content (AvgIpc) is 2.84. The lowest BCUT2D eigenvalue weighted by Crippen LogP contribution is -2.47.